The maximum Gasteiger partial charge on any atom is 0.404 e. The van der Waals surface area contributed by atoms with Crippen LogP contribution < -0.4 is 5.32 Å². The second-order valence-electron chi connectivity index (χ2n) is 2.76. The lowest BCUT2D eigenvalue weighted by Gasteiger charge is -1.98. The van der Waals surface area contributed by atoms with Gasteiger partial charge in [-0.05, 0) is 0 Å². The minimum atomic E-state index is -1.03. The number of carbonyl (C=O) groups is 1. The van der Waals surface area contributed by atoms with Gasteiger partial charge in [0.1, 0.15) is 0 Å². The summed E-state index contributed by atoms with van der Waals surface area (Å²) in [5.74, 6) is 0. The summed E-state index contributed by atoms with van der Waals surface area (Å²) >= 11 is 0. The second kappa shape index (κ2) is 5.23. The number of rotatable bonds is 5. The summed E-state index contributed by atoms with van der Waals surface area (Å²) in [5, 5.41) is 14.7. The van der Waals surface area contributed by atoms with Gasteiger partial charge in [0.25, 0.3) is 0 Å². The van der Waals surface area contributed by atoms with Crippen molar-refractivity contribution in [1.82, 2.24) is 15.1 Å². The van der Waals surface area contributed by atoms with E-state index >= 15 is 0 Å². The van der Waals surface area contributed by atoms with E-state index in [1.165, 1.54) is 0 Å². The molecule has 0 aliphatic rings. The van der Waals surface area contributed by atoms with E-state index in [9.17, 15) is 4.79 Å². The first-order valence-corrected chi connectivity index (χ1v) is 4.19. The van der Waals surface area contributed by atoms with Gasteiger partial charge in [-0.15, -0.1) is 0 Å². The number of hydrogen-bond donors (Lipinski definition) is 2. The van der Waals surface area contributed by atoms with Crippen LogP contribution in [0.5, 0.6) is 0 Å². The SMILES string of the molecule is COCCn1cc(CNC(=O)O)cn1. The Balaban J connectivity index is 2.38. The van der Waals surface area contributed by atoms with Crippen molar-refractivity contribution in [3.05, 3.63) is 18.0 Å². The van der Waals surface area contributed by atoms with Gasteiger partial charge in [-0.1, -0.05) is 0 Å². The third-order valence-electron chi connectivity index (χ3n) is 1.65. The molecule has 6 nitrogen and oxygen atoms in total. The quantitative estimate of drug-likeness (QED) is 0.715. The highest BCUT2D eigenvalue weighted by atomic mass is 16.5. The summed E-state index contributed by atoms with van der Waals surface area (Å²) in [6.45, 7) is 1.54. The normalized spacial score (nSPS) is 10.1. The van der Waals surface area contributed by atoms with E-state index < -0.39 is 6.09 Å². The topological polar surface area (TPSA) is 76.4 Å². The summed E-state index contributed by atoms with van der Waals surface area (Å²) < 4.78 is 6.59. The number of carboxylic acid groups (broad SMARTS) is 1. The average Bonchev–Trinajstić information content (AvgIpc) is 2.59. The number of aromatic nitrogens is 2. The maximum absolute atomic E-state index is 10.2. The number of hydrogen-bond acceptors (Lipinski definition) is 3. The van der Waals surface area contributed by atoms with E-state index in [-0.39, 0.29) is 6.54 Å². The molecule has 0 aliphatic heterocycles. The highest BCUT2D eigenvalue weighted by Crippen LogP contribution is 1.96. The van der Waals surface area contributed by atoms with Gasteiger partial charge in [-0.25, -0.2) is 4.79 Å². The summed E-state index contributed by atoms with van der Waals surface area (Å²) in [4.78, 5) is 10.2. The average molecular weight is 199 g/mol. The van der Waals surface area contributed by atoms with Crippen LogP contribution in [0.4, 0.5) is 4.79 Å². The van der Waals surface area contributed by atoms with Gasteiger partial charge in [0, 0.05) is 25.4 Å². The van der Waals surface area contributed by atoms with E-state index in [1.807, 2.05) is 0 Å². The summed E-state index contributed by atoms with van der Waals surface area (Å²) in [6, 6.07) is 0. The zero-order chi connectivity index (χ0) is 10.4. The van der Waals surface area contributed by atoms with Crippen molar-refractivity contribution in [1.29, 1.82) is 0 Å². The fraction of sp³-hybridized carbons (Fsp3) is 0.500. The second-order valence-corrected chi connectivity index (χ2v) is 2.76. The maximum atomic E-state index is 10.2. The van der Waals surface area contributed by atoms with Crippen LogP contribution in [0.15, 0.2) is 12.4 Å². The first kappa shape index (κ1) is 10.5. The van der Waals surface area contributed by atoms with Crippen LogP contribution in [0.3, 0.4) is 0 Å². The Morgan fingerprint density at radius 3 is 3.21 bits per heavy atom. The molecule has 0 aliphatic carbocycles. The Hall–Kier alpha value is -1.56. The molecule has 0 radical (unpaired) electrons. The fourth-order valence-electron chi connectivity index (χ4n) is 0.982. The summed E-state index contributed by atoms with van der Waals surface area (Å²) in [7, 11) is 1.62. The van der Waals surface area contributed by atoms with Crippen LogP contribution in [0.1, 0.15) is 5.56 Å². The zero-order valence-electron chi connectivity index (χ0n) is 7.93. The Morgan fingerprint density at radius 1 is 1.79 bits per heavy atom. The lowest BCUT2D eigenvalue weighted by atomic mass is 10.4. The Bertz CT molecular complexity index is 298. The molecule has 0 unspecified atom stereocenters. The number of nitrogens with zero attached hydrogens (tertiary/aromatic N) is 2. The zero-order valence-corrected chi connectivity index (χ0v) is 7.93. The van der Waals surface area contributed by atoms with Crippen LogP contribution in [0.25, 0.3) is 0 Å². The van der Waals surface area contributed by atoms with Gasteiger partial charge >= 0.3 is 6.09 Å². The monoisotopic (exact) mass is 199 g/mol. The van der Waals surface area contributed by atoms with Crippen LogP contribution in [0.2, 0.25) is 0 Å². The highest BCUT2D eigenvalue weighted by Gasteiger charge is 1.99. The van der Waals surface area contributed by atoms with E-state index in [0.29, 0.717) is 13.2 Å². The van der Waals surface area contributed by atoms with Gasteiger partial charge < -0.3 is 15.2 Å². The van der Waals surface area contributed by atoms with Gasteiger partial charge in [0.2, 0.25) is 0 Å². The molecular formula is C8H13N3O3. The molecule has 78 valence electrons. The van der Waals surface area contributed by atoms with Crippen molar-refractivity contribution in [2.45, 2.75) is 13.1 Å². The third kappa shape index (κ3) is 3.44. The predicted octanol–water partition coefficient (Wildman–Crippen LogP) is 0.297. The van der Waals surface area contributed by atoms with Crippen LogP contribution in [0, 0.1) is 0 Å². The highest BCUT2D eigenvalue weighted by molar-refractivity contribution is 5.64. The first-order chi connectivity index (χ1) is 6.72. The Kier molecular flexibility index (Phi) is 3.93. The van der Waals surface area contributed by atoms with Gasteiger partial charge in [0.15, 0.2) is 0 Å². The van der Waals surface area contributed by atoms with Crippen molar-refractivity contribution in [2.24, 2.45) is 0 Å². The molecule has 0 saturated carbocycles. The van der Waals surface area contributed by atoms with Crippen LogP contribution in [-0.2, 0) is 17.8 Å². The third-order valence-corrected chi connectivity index (χ3v) is 1.65. The molecule has 0 saturated heterocycles. The van der Waals surface area contributed by atoms with E-state index in [0.717, 1.165) is 5.56 Å². The largest absolute Gasteiger partial charge is 0.465 e. The van der Waals surface area contributed by atoms with Gasteiger partial charge in [-0.3, -0.25) is 4.68 Å². The number of amides is 1. The molecule has 1 rings (SSSR count). The molecule has 1 aromatic heterocycles. The molecule has 0 fully saturated rings. The molecule has 2 N–H and O–H groups in total. The minimum absolute atomic E-state index is 0.280. The molecule has 0 bridgehead atoms. The Labute approximate surface area is 81.5 Å². The lowest BCUT2D eigenvalue weighted by Crippen LogP contribution is -2.19. The molecule has 0 spiro atoms. The number of ether oxygens (including phenoxy) is 1. The van der Waals surface area contributed by atoms with E-state index in [1.54, 1.807) is 24.2 Å². The van der Waals surface area contributed by atoms with Gasteiger partial charge in [-0.2, -0.15) is 5.10 Å². The van der Waals surface area contributed by atoms with Crippen molar-refractivity contribution >= 4 is 6.09 Å². The molecule has 1 amide bonds. The van der Waals surface area contributed by atoms with Crippen LogP contribution in [-0.4, -0.2) is 34.7 Å². The van der Waals surface area contributed by atoms with Crippen LogP contribution >= 0.6 is 0 Å². The minimum Gasteiger partial charge on any atom is -0.465 e. The molecule has 6 heteroatoms. The standard InChI is InChI=1S/C8H13N3O3/c1-14-3-2-11-6-7(5-10-11)4-9-8(12)13/h5-6,9H,2-4H2,1H3,(H,12,13). The summed E-state index contributed by atoms with van der Waals surface area (Å²) in [6.07, 6.45) is 2.38. The molecule has 1 aromatic rings. The van der Waals surface area contributed by atoms with Crippen molar-refractivity contribution in [3.63, 3.8) is 0 Å². The molecule has 0 atom stereocenters. The van der Waals surface area contributed by atoms with E-state index in [2.05, 4.69) is 10.4 Å². The molecule has 0 aromatic carbocycles. The fourth-order valence-corrected chi connectivity index (χ4v) is 0.982. The Morgan fingerprint density at radius 2 is 2.57 bits per heavy atom. The number of nitrogens with one attached hydrogen (secondary N) is 1. The lowest BCUT2D eigenvalue weighted by molar-refractivity contribution is 0.183. The number of methoxy groups -OCH3 is 1. The summed E-state index contributed by atoms with van der Waals surface area (Å²) in [5.41, 5.74) is 0.837. The molecule has 1 heterocycles. The van der Waals surface area contributed by atoms with Gasteiger partial charge in [0.05, 0.1) is 19.3 Å². The molecular weight excluding hydrogens is 186 g/mol. The first-order valence-electron chi connectivity index (χ1n) is 4.19. The molecule has 14 heavy (non-hydrogen) atoms. The van der Waals surface area contributed by atoms with Crippen molar-refractivity contribution < 1.29 is 14.6 Å². The smallest absolute Gasteiger partial charge is 0.404 e. The van der Waals surface area contributed by atoms with E-state index in [4.69, 9.17) is 9.84 Å². The predicted molar refractivity (Wildman–Crippen MR) is 49.0 cm³/mol. The van der Waals surface area contributed by atoms with Crippen molar-refractivity contribution in [2.75, 3.05) is 13.7 Å². The van der Waals surface area contributed by atoms with Crippen molar-refractivity contribution in [3.8, 4) is 0 Å².